The monoisotopic (exact) mass is 349 g/mol. The van der Waals surface area contributed by atoms with Gasteiger partial charge in [0.05, 0.1) is 12.0 Å². The number of nitrogens with zero attached hydrogens (tertiary/aromatic N) is 1. The molecule has 138 valence electrons. The van der Waals surface area contributed by atoms with Gasteiger partial charge in [0.25, 0.3) is 0 Å². The van der Waals surface area contributed by atoms with Crippen LogP contribution in [-0.2, 0) is 4.79 Å². The van der Waals surface area contributed by atoms with Gasteiger partial charge in [-0.1, -0.05) is 39.0 Å². The molecular weight excluding hydrogens is 314 g/mol. The lowest BCUT2D eigenvalue weighted by Crippen LogP contribution is -2.35. The first-order valence-corrected chi connectivity index (χ1v) is 9.64. The smallest absolute Gasteiger partial charge is 0.311 e. The van der Waals surface area contributed by atoms with Crippen LogP contribution in [0, 0.1) is 5.41 Å². The number of halogens is 1. The predicted molar refractivity (Wildman–Crippen MR) is 97.2 cm³/mol. The van der Waals surface area contributed by atoms with E-state index in [0.717, 1.165) is 32.4 Å². The lowest BCUT2D eigenvalue weighted by Gasteiger charge is -2.27. The first kappa shape index (κ1) is 22.7. The number of hydrogen-bond acceptors (Lipinski definition) is 3. The maximum absolute atomic E-state index is 11.5. The molecule has 0 aliphatic rings. The predicted octanol–water partition coefficient (Wildman–Crippen LogP) is 4.14. The number of alkyl halides is 1. The van der Waals surface area contributed by atoms with Crippen molar-refractivity contribution in [1.82, 2.24) is 4.90 Å². The van der Waals surface area contributed by atoms with E-state index in [1.165, 1.54) is 25.7 Å². The van der Waals surface area contributed by atoms with Crippen LogP contribution in [0.15, 0.2) is 0 Å². The summed E-state index contributed by atoms with van der Waals surface area (Å²) in [5.41, 5.74) is -0.999. The Morgan fingerprint density at radius 2 is 1.57 bits per heavy atom. The standard InChI is InChI=1S/C18H36ClNO3/c1-3-4-5-8-14-20(2)15-9-6-7-11-18(16-21,17(22)23)12-10-13-19/h21H,3-16H2,1-2H3,(H,22,23). The molecule has 0 aromatic heterocycles. The molecule has 0 aliphatic heterocycles. The van der Waals surface area contributed by atoms with Gasteiger partial charge in [-0.25, -0.2) is 0 Å². The van der Waals surface area contributed by atoms with Crippen molar-refractivity contribution in [3.05, 3.63) is 0 Å². The molecule has 0 rings (SSSR count). The van der Waals surface area contributed by atoms with Gasteiger partial charge in [0.1, 0.15) is 0 Å². The van der Waals surface area contributed by atoms with E-state index in [-0.39, 0.29) is 6.61 Å². The van der Waals surface area contributed by atoms with Crippen LogP contribution in [-0.4, -0.2) is 53.7 Å². The number of aliphatic hydroxyl groups is 1. The van der Waals surface area contributed by atoms with Gasteiger partial charge in [-0.05, 0) is 52.2 Å². The summed E-state index contributed by atoms with van der Waals surface area (Å²) in [5, 5.41) is 19.0. The Kier molecular flexibility index (Phi) is 13.9. The van der Waals surface area contributed by atoms with Crippen molar-refractivity contribution >= 4 is 17.6 Å². The maximum Gasteiger partial charge on any atom is 0.311 e. The molecule has 1 atom stereocenters. The van der Waals surface area contributed by atoms with Gasteiger partial charge >= 0.3 is 5.97 Å². The third kappa shape index (κ3) is 10.2. The molecule has 0 aliphatic carbocycles. The third-order valence-corrected chi connectivity index (χ3v) is 4.90. The summed E-state index contributed by atoms with van der Waals surface area (Å²) >= 11 is 5.67. The molecule has 23 heavy (non-hydrogen) atoms. The van der Waals surface area contributed by atoms with Crippen LogP contribution in [0.1, 0.15) is 71.1 Å². The number of aliphatic hydroxyl groups excluding tert-OH is 1. The Bertz CT molecular complexity index is 302. The van der Waals surface area contributed by atoms with Crippen molar-refractivity contribution < 1.29 is 15.0 Å². The Morgan fingerprint density at radius 1 is 1.00 bits per heavy atom. The second-order valence-corrected chi connectivity index (χ2v) is 7.09. The van der Waals surface area contributed by atoms with Gasteiger partial charge in [-0.15, -0.1) is 11.6 Å². The third-order valence-electron chi connectivity index (χ3n) is 4.63. The Labute approximate surface area is 147 Å². The zero-order chi connectivity index (χ0) is 17.6. The van der Waals surface area contributed by atoms with Crippen molar-refractivity contribution in [2.45, 2.75) is 71.1 Å². The molecule has 0 fully saturated rings. The molecule has 0 spiro atoms. The topological polar surface area (TPSA) is 60.8 Å². The molecule has 2 N–H and O–H groups in total. The molecule has 0 amide bonds. The fourth-order valence-electron chi connectivity index (χ4n) is 2.91. The van der Waals surface area contributed by atoms with Crippen LogP contribution in [0.2, 0.25) is 0 Å². The number of aliphatic carboxylic acids is 1. The van der Waals surface area contributed by atoms with Crippen LogP contribution in [0.25, 0.3) is 0 Å². The molecule has 0 bridgehead atoms. The molecule has 0 aromatic rings. The minimum atomic E-state index is -0.999. The molecule has 0 saturated heterocycles. The average molecular weight is 350 g/mol. The van der Waals surface area contributed by atoms with Gasteiger partial charge in [0, 0.05) is 5.88 Å². The van der Waals surface area contributed by atoms with Gasteiger partial charge in [0.15, 0.2) is 0 Å². The molecule has 5 heteroatoms. The quantitative estimate of drug-likeness (QED) is 0.325. The zero-order valence-electron chi connectivity index (χ0n) is 15.0. The van der Waals surface area contributed by atoms with Crippen LogP contribution in [0.5, 0.6) is 0 Å². The largest absolute Gasteiger partial charge is 0.481 e. The highest BCUT2D eigenvalue weighted by atomic mass is 35.5. The van der Waals surface area contributed by atoms with E-state index in [0.29, 0.717) is 25.1 Å². The van der Waals surface area contributed by atoms with E-state index in [2.05, 4.69) is 18.9 Å². The highest BCUT2D eigenvalue weighted by Crippen LogP contribution is 2.31. The van der Waals surface area contributed by atoms with Crippen LogP contribution in [0.3, 0.4) is 0 Å². The Hall–Kier alpha value is -0.320. The minimum Gasteiger partial charge on any atom is -0.481 e. The number of carboxylic acids is 1. The summed E-state index contributed by atoms with van der Waals surface area (Å²) in [4.78, 5) is 13.9. The summed E-state index contributed by atoms with van der Waals surface area (Å²) in [7, 11) is 2.15. The summed E-state index contributed by atoms with van der Waals surface area (Å²) in [5.74, 6) is -0.448. The average Bonchev–Trinajstić information content (AvgIpc) is 2.54. The SMILES string of the molecule is CCCCCCN(C)CCCCCC(CO)(CCCCl)C(=O)O. The fraction of sp³-hybridized carbons (Fsp3) is 0.944. The zero-order valence-corrected chi connectivity index (χ0v) is 15.8. The van der Waals surface area contributed by atoms with Crippen molar-refractivity contribution in [2.75, 3.05) is 32.6 Å². The first-order valence-electron chi connectivity index (χ1n) is 9.11. The summed E-state index contributed by atoms with van der Waals surface area (Å²) < 4.78 is 0. The van der Waals surface area contributed by atoms with Crippen molar-refractivity contribution in [3.63, 3.8) is 0 Å². The molecule has 0 heterocycles. The van der Waals surface area contributed by atoms with Crippen LogP contribution < -0.4 is 0 Å². The summed E-state index contributed by atoms with van der Waals surface area (Å²) in [6.07, 6.45) is 9.71. The Morgan fingerprint density at radius 3 is 2.04 bits per heavy atom. The highest BCUT2D eigenvalue weighted by molar-refractivity contribution is 6.17. The van der Waals surface area contributed by atoms with Gasteiger partial charge in [0.2, 0.25) is 0 Å². The molecular formula is C18H36ClNO3. The molecule has 4 nitrogen and oxygen atoms in total. The maximum atomic E-state index is 11.5. The first-order chi connectivity index (χ1) is 11.0. The second kappa shape index (κ2) is 14.1. The van der Waals surface area contributed by atoms with E-state index in [1.807, 2.05) is 0 Å². The fourth-order valence-corrected chi connectivity index (χ4v) is 3.05. The number of carbonyl (C=O) groups is 1. The number of rotatable bonds is 16. The molecule has 0 aromatic carbocycles. The molecule has 1 unspecified atom stereocenters. The van der Waals surface area contributed by atoms with E-state index in [4.69, 9.17) is 11.6 Å². The second-order valence-electron chi connectivity index (χ2n) is 6.71. The number of hydrogen-bond donors (Lipinski definition) is 2. The van der Waals surface area contributed by atoms with Crippen LogP contribution >= 0.6 is 11.6 Å². The van der Waals surface area contributed by atoms with Crippen molar-refractivity contribution in [2.24, 2.45) is 5.41 Å². The summed E-state index contributed by atoms with van der Waals surface area (Å²) in [6, 6.07) is 0. The molecule has 0 saturated carbocycles. The normalized spacial score (nSPS) is 14.1. The van der Waals surface area contributed by atoms with Gasteiger partial charge < -0.3 is 15.1 Å². The lowest BCUT2D eigenvalue weighted by atomic mass is 9.79. The van der Waals surface area contributed by atoms with Crippen LogP contribution in [0.4, 0.5) is 0 Å². The lowest BCUT2D eigenvalue weighted by molar-refractivity contribution is -0.152. The Balaban J connectivity index is 3.91. The highest BCUT2D eigenvalue weighted by Gasteiger charge is 2.36. The molecule has 0 radical (unpaired) electrons. The van der Waals surface area contributed by atoms with Crippen molar-refractivity contribution in [3.8, 4) is 0 Å². The van der Waals surface area contributed by atoms with E-state index < -0.39 is 11.4 Å². The van der Waals surface area contributed by atoms with Gasteiger partial charge in [-0.3, -0.25) is 4.79 Å². The number of unbranched alkanes of at least 4 members (excludes halogenated alkanes) is 5. The van der Waals surface area contributed by atoms with E-state index >= 15 is 0 Å². The van der Waals surface area contributed by atoms with E-state index in [1.54, 1.807) is 0 Å². The summed E-state index contributed by atoms with van der Waals surface area (Å²) in [6.45, 7) is 4.13. The number of carboxylic acid groups (broad SMARTS) is 1. The van der Waals surface area contributed by atoms with Crippen molar-refractivity contribution in [1.29, 1.82) is 0 Å². The van der Waals surface area contributed by atoms with E-state index in [9.17, 15) is 15.0 Å². The van der Waals surface area contributed by atoms with Gasteiger partial charge in [-0.2, -0.15) is 0 Å². The minimum absolute atomic E-state index is 0.295.